The molecule has 1 aliphatic heterocycles. The van der Waals surface area contributed by atoms with Crippen LogP contribution in [-0.2, 0) is 17.8 Å². The van der Waals surface area contributed by atoms with Gasteiger partial charge in [-0.15, -0.1) is 24.0 Å². The Labute approximate surface area is 208 Å². The average molecular weight is 553 g/mol. The van der Waals surface area contributed by atoms with E-state index in [1.54, 1.807) is 6.26 Å². The number of nitrogens with one attached hydrogen (secondary N) is 3. The number of benzene rings is 1. The van der Waals surface area contributed by atoms with E-state index in [4.69, 9.17) is 9.41 Å². The van der Waals surface area contributed by atoms with Crippen molar-refractivity contribution in [1.82, 2.24) is 20.9 Å². The van der Waals surface area contributed by atoms with Crippen LogP contribution in [0, 0.1) is 0 Å². The summed E-state index contributed by atoms with van der Waals surface area (Å²) in [5.41, 5.74) is 1.37. The minimum Gasteiger partial charge on any atom is -0.469 e. The lowest BCUT2D eigenvalue weighted by Gasteiger charge is -2.33. The van der Waals surface area contributed by atoms with Crippen LogP contribution in [0.5, 0.6) is 0 Å². The summed E-state index contributed by atoms with van der Waals surface area (Å²) >= 11 is 0. The average Bonchev–Trinajstić information content (AvgIpc) is 3.29. The number of likely N-dealkylation sites (tertiary alicyclic amines) is 1. The molecule has 0 spiro atoms. The summed E-state index contributed by atoms with van der Waals surface area (Å²) < 4.78 is 5.42. The number of amides is 1. The zero-order valence-electron chi connectivity index (χ0n) is 18.9. The summed E-state index contributed by atoms with van der Waals surface area (Å²) in [4.78, 5) is 18.2. The van der Waals surface area contributed by atoms with Crippen LogP contribution < -0.4 is 16.0 Å². The molecule has 8 heteroatoms. The molecule has 0 atom stereocenters. The van der Waals surface area contributed by atoms with Crippen LogP contribution in [0.15, 0.2) is 58.1 Å². The second-order valence-corrected chi connectivity index (χ2v) is 8.00. The predicted molar refractivity (Wildman–Crippen MR) is 139 cm³/mol. The largest absolute Gasteiger partial charge is 0.469 e. The lowest BCUT2D eigenvalue weighted by Crippen LogP contribution is -2.49. The minimum atomic E-state index is 0. The molecule has 1 saturated heterocycles. The maximum atomic E-state index is 11.0. The third-order valence-electron chi connectivity index (χ3n) is 5.40. The molecule has 1 aromatic carbocycles. The third-order valence-corrected chi connectivity index (χ3v) is 5.40. The quantitative estimate of drug-likeness (QED) is 0.182. The fourth-order valence-corrected chi connectivity index (χ4v) is 3.72. The SMILES string of the molecule is CC(=O)NCCCN=C(NCCc1ccco1)NC1CCN(Cc2ccccc2)CC1.I. The van der Waals surface area contributed by atoms with Crippen molar-refractivity contribution in [2.24, 2.45) is 4.99 Å². The van der Waals surface area contributed by atoms with Gasteiger partial charge in [0, 0.05) is 58.7 Å². The molecule has 2 heterocycles. The first kappa shape index (κ1) is 26.2. The Kier molecular flexibility index (Phi) is 12.2. The lowest BCUT2D eigenvalue weighted by molar-refractivity contribution is -0.118. The number of guanidine groups is 1. The predicted octanol–water partition coefficient (Wildman–Crippen LogP) is 3.17. The molecule has 3 N–H and O–H groups in total. The molecule has 0 radical (unpaired) electrons. The van der Waals surface area contributed by atoms with Crippen molar-refractivity contribution in [1.29, 1.82) is 0 Å². The maximum Gasteiger partial charge on any atom is 0.216 e. The van der Waals surface area contributed by atoms with Gasteiger partial charge in [-0.3, -0.25) is 14.7 Å². The molecule has 176 valence electrons. The molecule has 2 aromatic rings. The number of carbonyl (C=O) groups excluding carboxylic acids is 1. The van der Waals surface area contributed by atoms with Crippen molar-refractivity contribution in [3.05, 3.63) is 60.1 Å². The Morgan fingerprint density at radius 3 is 2.56 bits per heavy atom. The van der Waals surface area contributed by atoms with Crippen molar-refractivity contribution in [3.8, 4) is 0 Å². The number of halogens is 1. The summed E-state index contributed by atoms with van der Waals surface area (Å²) in [7, 11) is 0. The van der Waals surface area contributed by atoms with E-state index in [-0.39, 0.29) is 29.9 Å². The lowest BCUT2D eigenvalue weighted by atomic mass is 10.0. The third kappa shape index (κ3) is 10.0. The van der Waals surface area contributed by atoms with E-state index in [1.165, 1.54) is 12.5 Å². The van der Waals surface area contributed by atoms with Gasteiger partial charge in [0.25, 0.3) is 0 Å². The zero-order valence-corrected chi connectivity index (χ0v) is 21.2. The highest BCUT2D eigenvalue weighted by Crippen LogP contribution is 2.13. The van der Waals surface area contributed by atoms with Crippen molar-refractivity contribution < 1.29 is 9.21 Å². The molecule has 1 aromatic heterocycles. The van der Waals surface area contributed by atoms with Gasteiger partial charge in [0.1, 0.15) is 5.76 Å². The van der Waals surface area contributed by atoms with Crippen LogP contribution >= 0.6 is 24.0 Å². The first-order valence-electron chi connectivity index (χ1n) is 11.3. The van der Waals surface area contributed by atoms with Gasteiger partial charge in [-0.25, -0.2) is 0 Å². The summed E-state index contributed by atoms with van der Waals surface area (Å²) in [6.45, 7) is 6.79. The molecule has 32 heavy (non-hydrogen) atoms. The van der Waals surface area contributed by atoms with E-state index in [0.29, 0.717) is 19.1 Å². The first-order valence-corrected chi connectivity index (χ1v) is 11.3. The minimum absolute atomic E-state index is 0. The van der Waals surface area contributed by atoms with Gasteiger partial charge in [0.05, 0.1) is 6.26 Å². The standard InChI is InChI=1S/C24H35N5O2.HI/c1-20(30)25-13-6-14-26-24(27-15-10-23-9-5-18-31-23)28-22-11-16-29(17-12-22)19-21-7-3-2-4-8-21;/h2-5,7-9,18,22H,6,10-17,19H2,1H3,(H,25,30)(H2,26,27,28);1H. The van der Waals surface area contributed by atoms with Gasteiger partial charge in [0.2, 0.25) is 5.91 Å². The van der Waals surface area contributed by atoms with Crippen LogP contribution in [0.1, 0.15) is 37.5 Å². The van der Waals surface area contributed by atoms with Crippen molar-refractivity contribution in [2.45, 2.75) is 45.2 Å². The van der Waals surface area contributed by atoms with Gasteiger partial charge in [-0.05, 0) is 37.0 Å². The van der Waals surface area contributed by atoms with Crippen LogP contribution in [-0.4, -0.2) is 55.5 Å². The Hall–Kier alpha value is -2.07. The molecule has 1 aliphatic rings. The number of piperidine rings is 1. The Bertz CT molecular complexity index is 790. The van der Waals surface area contributed by atoms with Crippen molar-refractivity contribution in [2.75, 3.05) is 32.7 Å². The normalized spacial score (nSPS) is 15.1. The zero-order chi connectivity index (χ0) is 21.7. The van der Waals surface area contributed by atoms with E-state index < -0.39 is 0 Å². The fraction of sp³-hybridized carbons (Fsp3) is 0.500. The van der Waals surface area contributed by atoms with Gasteiger partial charge >= 0.3 is 0 Å². The Morgan fingerprint density at radius 1 is 1.09 bits per heavy atom. The molecule has 0 aliphatic carbocycles. The number of aliphatic imine (C=N–C) groups is 1. The number of nitrogens with zero attached hydrogens (tertiary/aromatic N) is 2. The highest BCUT2D eigenvalue weighted by Gasteiger charge is 2.20. The molecule has 0 saturated carbocycles. The van der Waals surface area contributed by atoms with Gasteiger partial charge in [0.15, 0.2) is 5.96 Å². The summed E-state index contributed by atoms with van der Waals surface area (Å²) in [5.74, 6) is 1.81. The number of hydrogen-bond donors (Lipinski definition) is 3. The van der Waals surface area contributed by atoms with Gasteiger partial charge < -0.3 is 20.4 Å². The van der Waals surface area contributed by atoms with Crippen LogP contribution in [0.3, 0.4) is 0 Å². The molecule has 3 rings (SSSR count). The smallest absolute Gasteiger partial charge is 0.216 e. The number of hydrogen-bond acceptors (Lipinski definition) is 4. The molecule has 0 bridgehead atoms. The first-order chi connectivity index (χ1) is 15.2. The highest BCUT2D eigenvalue weighted by atomic mass is 127. The topological polar surface area (TPSA) is 81.9 Å². The van der Waals surface area contributed by atoms with Gasteiger partial charge in [-0.2, -0.15) is 0 Å². The molecular weight excluding hydrogens is 517 g/mol. The molecule has 1 fully saturated rings. The second-order valence-electron chi connectivity index (χ2n) is 8.00. The Balaban J connectivity index is 0.00000363. The Morgan fingerprint density at radius 2 is 1.88 bits per heavy atom. The second kappa shape index (κ2) is 14.9. The van der Waals surface area contributed by atoms with E-state index >= 15 is 0 Å². The van der Waals surface area contributed by atoms with Crippen LogP contribution in [0.25, 0.3) is 0 Å². The number of carbonyl (C=O) groups is 1. The molecule has 7 nitrogen and oxygen atoms in total. The number of furan rings is 1. The molecule has 1 amide bonds. The van der Waals surface area contributed by atoms with E-state index in [1.807, 2.05) is 12.1 Å². The summed E-state index contributed by atoms with van der Waals surface area (Å²) in [6, 6.07) is 15.0. The highest BCUT2D eigenvalue weighted by molar-refractivity contribution is 14.0. The van der Waals surface area contributed by atoms with Crippen LogP contribution in [0.4, 0.5) is 0 Å². The summed E-state index contributed by atoms with van der Waals surface area (Å²) in [5, 5.41) is 9.87. The van der Waals surface area contributed by atoms with E-state index in [0.717, 1.165) is 63.6 Å². The molecule has 0 unspecified atom stereocenters. The monoisotopic (exact) mass is 553 g/mol. The maximum absolute atomic E-state index is 11.0. The van der Waals surface area contributed by atoms with E-state index in [2.05, 4.69) is 51.2 Å². The fourth-order valence-electron chi connectivity index (χ4n) is 3.72. The van der Waals surface area contributed by atoms with E-state index in [9.17, 15) is 4.79 Å². The molecular formula is C24H36IN5O2. The summed E-state index contributed by atoms with van der Waals surface area (Å²) in [6.07, 6.45) is 5.53. The van der Waals surface area contributed by atoms with Crippen molar-refractivity contribution in [3.63, 3.8) is 0 Å². The van der Waals surface area contributed by atoms with Crippen molar-refractivity contribution >= 4 is 35.8 Å². The number of rotatable bonds is 10. The van der Waals surface area contributed by atoms with Crippen LogP contribution in [0.2, 0.25) is 0 Å². The van der Waals surface area contributed by atoms with Gasteiger partial charge in [-0.1, -0.05) is 30.3 Å².